The summed E-state index contributed by atoms with van der Waals surface area (Å²) < 4.78 is 3.05. The van der Waals surface area contributed by atoms with Crippen molar-refractivity contribution in [1.29, 1.82) is 0 Å². The highest BCUT2D eigenvalue weighted by Crippen LogP contribution is 2.20. The van der Waals surface area contributed by atoms with Crippen LogP contribution in [0.5, 0.6) is 0 Å². The van der Waals surface area contributed by atoms with Crippen LogP contribution in [0.1, 0.15) is 22.8 Å². The van der Waals surface area contributed by atoms with Crippen LogP contribution < -0.4 is 0 Å². The minimum Gasteiger partial charge on any atom is -0.287 e. The number of nitrogens with zero attached hydrogens (tertiary/aromatic N) is 3. The Morgan fingerprint density at radius 3 is 1.81 bits per heavy atom. The molecule has 16 heavy (non-hydrogen) atoms. The maximum atomic E-state index is 4.50. The van der Waals surface area contributed by atoms with E-state index in [1.54, 1.807) is 0 Å². The lowest BCUT2D eigenvalue weighted by atomic mass is 10.3. The molecule has 0 N–H and O–H groups in total. The minimum atomic E-state index is 0.748. The van der Waals surface area contributed by atoms with Crippen molar-refractivity contribution in [1.82, 2.24) is 14.5 Å². The monoisotopic (exact) mass is 279 g/mol. The Kier molecular flexibility index (Phi) is 2.84. The first-order chi connectivity index (χ1) is 7.50. The fourth-order valence-electron chi connectivity index (χ4n) is 1.77. The van der Waals surface area contributed by atoms with E-state index < -0.39 is 0 Å². The zero-order valence-electron chi connectivity index (χ0n) is 9.87. The van der Waals surface area contributed by atoms with E-state index in [1.165, 1.54) is 0 Å². The molecule has 2 aromatic heterocycles. The van der Waals surface area contributed by atoms with E-state index >= 15 is 0 Å². The summed E-state index contributed by atoms with van der Waals surface area (Å²) in [5, 5.41) is 0. The van der Waals surface area contributed by atoms with Crippen LogP contribution in [0, 0.1) is 27.7 Å². The molecule has 0 bridgehead atoms. The van der Waals surface area contributed by atoms with Crippen LogP contribution in [0.3, 0.4) is 0 Å². The Morgan fingerprint density at radius 1 is 0.938 bits per heavy atom. The molecule has 2 heterocycles. The van der Waals surface area contributed by atoms with Crippen LogP contribution in [0.15, 0.2) is 16.6 Å². The maximum absolute atomic E-state index is 4.50. The van der Waals surface area contributed by atoms with Gasteiger partial charge in [0.25, 0.3) is 0 Å². The average Bonchev–Trinajstić information content (AvgIpc) is 2.54. The number of rotatable bonds is 1. The van der Waals surface area contributed by atoms with E-state index in [0.717, 1.165) is 33.2 Å². The van der Waals surface area contributed by atoms with Crippen LogP contribution in [0.25, 0.3) is 5.95 Å². The van der Waals surface area contributed by atoms with Crippen molar-refractivity contribution in [2.24, 2.45) is 0 Å². The first-order valence-corrected chi connectivity index (χ1v) is 5.96. The number of hydrogen-bond acceptors (Lipinski definition) is 2. The Hall–Kier alpha value is -1.16. The van der Waals surface area contributed by atoms with Crippen molar-refractivity contribution in [3.63, 3.8) is 0 Å². The second-order valence-electron chi connectivity index (χ2n) is 3.96. The van der Waals surface area contributed by atoms with Gasteiger partial charge in [-0.05, 0) is 55.8 Å². The molecule has 0 aromatic carbocycles. The Bertz CT molecular complexity index is 501. The van der Waals surface area contributed by atoms with Crippen molar-refractivity contribution in [2.75, 3.05) is 0 Å². The summed E-state index contributed by atoms with van der Waals surface area (Å²) in [4.78, 5) is 9.01. The van der Waals surface area contributed by atoms with Crippen LogP contribution in [-0.4, -0.2) is 14.5 Å². The SMILES string of the molecule is Cc1nc(-n2c(C)ccc2C)nc(C)c1Br. The predicted octanol–water partition coefficient (Wildman–Crippen LogP) is 3.26. The van der Waals surface area contributed by atoms with Gasteiger partial charge in [-0.3, -0.25) is 4.57 Å². The smallest absolute Gasteiger partial charge is 0.234 e. The van der Waals surface area contributed by atoms with Crippen molar-refractivity contribution in [2.45, 2.75) is 27.7 Å². The van der Waals surface area contributed by atoms with E-state index in [2.05, 4.69) is 56.4 Å². The van der Waals surface area contributed by atoms with Gasteiger partial charge >= 0.3 is 0 Å². The quantitative estimate of drug-likeness (QED) is 0.802. The maximum Gasteiger partial charge on any atom is 0.234 e. The van der Waals surface area contributed by atoms with Gasteiger partial charge in [-0.25, -0.2) is 9.97 Å². The summed E-state index contributed by atoms with van der Waals surface area (Å²) in [5.41, 5.74) is 4.24. The molecule has 0 aliphatic carbocycles. The first-order valence-electron chi connectivity index (χ1n) is 5.16. The van der Waals surface area contributed by atoms with Gasteiger partial charge < -0.3 is 0 Å². The standard InChI is InChI=1S/C12H14BrN3/c1-7-5-6-8(2)16(7)12-14-9(3)11(13)10(4)15-12/h5-6H,1-4H3. The fraction of sp³-hybridized carbons (Fsp3) is 0.333. The molecule has 84 valence electrons. The number of aromatic nitrogens is 3. The number of aryl methyl sites for hydroxylation is 4. The largest absolute Gasteiger partial charge is 0.287 e. The van der Waals surface area contributed by atoms with E-state index in [9.17, 15) is 0 Å². The second kappa shape index (κ2) is 4.01. The lowest BCUT2D eigenvalue weighted by Gasteiger charge is -2.10. The molecule has 0 aliphatic rings. The lowest BCUT2D eigenvalue weighted by Crippen LogP contribution is -2.07. The number of halogens is 1. The van der Waals surface area contributed by atoms with Crippen LogP contribution in [0.4, 0.5) is 0 Å². The van der Waals surface area contributed by atoms with E-state index in [1.807, 2.05) is 13.8 Å². The molecule has 3 nitrogen and oxygen atoms in total. The molecule has 4 heteroatoms. The van der Waals surface area contributed by atoms with E-state index in [-0.39, 0.29) is 0 Å². The molecular formula is C12H14BrN3. The zero-order valence-corrected chi connectivity index (χ0v) is 11.5. The van der Waals surface area contributed by atoms with Gasteiger partial charge in [0.1, 0.15) is 0 Å². The van der Waals surface area contributed by atoms with Crippen LogP contribution in [0.2, 0.25) is 0 Å². The van der Waals surface area contributed by atoms with Crippen molar-refractivity contribution in [3.05, 3.63) is 39.4 Å². The highest BCUT2D eigenvalue weighted by molar-refractivity contribution is 9.10. The Labute approximate surface area is 104 Å². The third-order valence-electron chi connectivity index (χ3n) is 2.64. The van der Waals surface area contributed by atoms with Crippen molar-refractivity contribution >= 4 is 15.9 Å². The summed E-state index contributed by atoms with van der Waals surface area (Å²) in [6.07, 6.45) is 0. The molecule has 0 atom stereocenters. The molecule has 0 saturated carbocycles. The van der Waals surface area contributed by atoms with Crippen molar-refractivity contribution in [3.8, 4) is 5.95 Å². The summed E-state index contributed by atoms with van der Waals surface area (Å²) >= 11 is 3.48. The van der Waals surface area contributed by atoms with Gasteiger partial charge in [-0.15, -0.1) is 0 Å². The second-order valence-corrected chi connectivity index (χ2v) is 4.75. The Balaban J connectivity index is 2.66. The molecule has 0 unspecified atom stereocenters. The van der Waals surface area contributed by atoms with Crippen LogP contribution >= 0.6 is 15.9 Å². The van der Waals surface area contributed by atoms with Gasteiger partial charge in [0.05, 0.1) is 15.9 Å². The molecule has 2 rings (SSSR count). The van der Waals surface area contributed by atoms with Gasteiger partial charge in [-0.2, -0.15) is 0 Å². The molecule has 0 aliphatic heterocycles. The Morgan fingerprint density at radius 2 is 1.38 bits per heavy atom. The normalized spacial score (nSPS) is 10.8. The van der Waals surface area contributed by atoms with E-state index in [4.69, 9.17) is 0 Å². The summed E-state index contributed by atoms with van der Waals surface area (Å²) in [5.74, 6) is 0.748. The molecule has 0 fully saturated rings. The third-order valence-corrected chi connectivity index (χ3v) is 3.79. The fourth-order valence-corrected chi connectivity index (χ4v) is 1.95. The first kappa shape index (κ1) is 11.3. The lowest BCUT2D eigenvalue weighted by molar-refractivity contribution is 0.846. The summed E-state index contributed by atoms with van der Waals surface area (Å²) in [7, 11) is 0. The highest BCUT2D eigenvalue weighted by Gasteiger charge is 2.10. The van der Waals surface area contributed by atoms with Gasteiger partial charge in [0.15, 0.2) is 0 Å². The molecule has 0 amide bonds. The third kappa shape index (κ3) is 1.78. The minimum absolute atomic E-state index is 0.748. The molecule has 0 spiro atoms. The summed E-state index contributed by atoms with van der Waals surface area (Å²) in [6.45, 7) is 8.08. The predicted molar refractivity (Wildman–Crippen MR) is 68.0 cm³/mol. The van der Waals surface area contributed by atoms with Gasteiger partial charge in [-0.1, -0.05) is 0 Å². The van der Waals surface area contributed by atoms with Crippen molar-refractivity contribution < 1.29 is 0 Å². The molecule has 2 aromatic rings. The highest BCUT2D eigenvalue weighted by atomic mass is 79.9. The van der Waals surface area contributed by atoms with Gasteiger partial charge in [0.2, 0.25) is 5.95 Å². The topological polar surface area (TPSA) is 30.7 Å². The molecular weight excluding hydrogens is 266 g/mol. The van der Waals surface area contributed by atoms with E-state index in [0.29, 0.717) is 0 Å². The van der Waals surface area contributed by atoms with Gasteiger partial charge in [0, 0.05) is 11.4 Å². The molecule has 0 saturated heterocycles. The zero-order chi connectivity index (χ0) is 11.9. The summed E-state index contributed by atoms with van der Waals surface area (Å²) in [6, 6.07) is 4.15. The van der Waals surface area contributed by atoms with Crippen LogP contribution in [-0.2, 0) is 0 Å². The number of hydrogen-bond donors (Lipinski definition) is 0. The average molecular weight is 280 g/mol. The molecule has 0 radical (unpaired) electrons.